The van der Waals surface area contributed by atoms with E-state index in [2.05, 4.69) is 17.0 Å². The number of hydrogen-bond acceptors (Lipinski definition) is 3. The van der Waals surface area contributed by atoms with Crippen LogP contribution in [-0.4, -0.2) is 26.6 Å². The molecule has 2 N–H and O–H groups in total. The molecular formula is C13H25N3O2S. The summed E-state index contributed by atoms with van der Waals surface area (Å²) in [5, 5.41) is 3.06. The molecule has 0 amide bonds. The molecule has 0 aliphatic heterocycles. The van der Waals surface area contributed by atoms with Gasteiger partial charge in [-0.25, -0.2) is 13.1 Å². The number of hydrogen-bond donors (Lipinski definition) is 2. The molecule has 1 aromatic rings. The predicted molar refractivity (Wildman–Crippen MR) is 77.5 cm³/mol. The first-order valence-electron chi connectivity index (χ1n) is 6.74. The Morgan fingerprint density at radius 2 is 2.05 bits per heavy atom. The van der Waals surface area contributed by atoms with Gasteiger partial charge in [-0.05, 0) is 25.5 Å². The van der Waals surface area contributed by atoms with Gasteiger partial charge in [0.15, 0.2) is 0 Å². The van der Waals surface area contributed by atoms with Crippen LogP contribution in [0.15, 0.2) is 17.2 Å². The van der Waals surface area contributed by atoms with Gasteiger partial charge in [0.05, 0.1) is 4.90 Å². The van der Waals surface area contributed by atoms with E-state index in [1.807, 2.05) is 25.5 Å². The molecule has 1 aromatic heterocycles. The lowest BCUT2D eigenvalue weighted by molar-refractivity contribution is 0.559. The van der Waals surface area contributed by atoms with Crippen molar-refractivity contribution in [1.29, 1.82) is 0 Å². The number of nitrogens with zero attached hydrogens (tertiary/aromatic N) is 1. The zero-order valence-electron chi connectivity index (χ0n) is 12.2. The third kappa shape index (κ3) is 4.63. The first-order valence-corrected chi connectivity index (χ1v) is 8.22. The van der Waals surface area contributed by atoms with Crippen molar-refractivity contribution in [1.82, 2.24) is 14.6 Å². The van der Waals surface area contributed by atoms with Crippen molar-refractivity contribution in [3.63, 3.8) is 0 Å². The van der Waals surface area contributed by atoms with Crippen molar-refractivity contribution in [3.8, 4) is 0 Å². The summed E-state index contributed by atoms with van der Waals surface area (Å²) in [6.45, 7) is 8.00. The quantitative estimate of drug-likeness (QED) is 0.762. The minimum absolute atomic E-state index is 0.296. The predicted octanol–water partition coefficient (Wildman–Crippen LogP) is 1.55. The molecule has 6 heteroatoms. The second-order valence-corrected chi connectivity index (χ2v) is 6.90. The summed E-state index contributed by atoms with van der Waals surface area (Å²) in [4.78, 5) is 0.354. The fraction of sp³-hybridized carbons (Fsp3) is 0.692. The number of aromatic nitrogens is 1. The first kappa shape index (κ1) is 16.2. The second kappa shape index (κ2) is 7.07. The number of sulfonamides is 1. The summed E-state index contributed by atoms with van der Waals surface area (Å²) < 4.78 is 29.0. The summed E-state index contributed by atoms with van der Waals surface area (Å²) >= 11 is 0. The van der Waals surface area contributed by atoms with Gasteiger partial charge < -0.3 is 9.88 Å². The highest BCUT2D eigenvalue weighted by Gasteiger charge is 2.18. The lowest BCUT2D eigenvalue weighted by atomic mass is 10.2. The molecular weight excluding hydrogens is 262 g/mol. The third-order valence-corrected chi connectivity index (χ3v) is 4.17. The molecule has 0 bridgehead atoms. The Balaban J connectivity index is 2.96. The van der Waals surface area contributed by atoms with Gasteiger partial charge >= 0.3 is 0 Å². The van der Waals surface area contributed by atoms with Crippen molar-refractivity contribution in [3.05, 3.63) is 18.0 Å². The minimum atomic E-state index is -3.39. The maximum Gasteiger partial charge on any atom is 0.242 e. The van der Waals surface area contributed by atoms with E-state index in [0.29, 0.717) is 23.9 Å². The summed E-state index contributed by atoms with van der Waals surface area (Å²) in [6, 6.07) is 1.74. The smallest absolute Gasteiger partial charge is 0.242 e. The molecule has 0 saturated heterocycles. The molecule has 0 aliphatic rings. The number of nitrogens with one attached hydrogen (secondary N) is 2. The van der Waals surface area contributed by atoms with Crippen LogP contribution in [0.3, 0.4) is 0 Å². The first-order chi connectivity index (χ1) is 8.90. The van der Waals surface area contributed by atoms with E-state index in [0.717, 1.165) is 18.7 Å². The highest BCUT2D eigenvalue weighted by Crippen LogP contribution is 2.15. The van der Waals surface area contributed by atoms with Gasteiger partial charge in [-0.2, -0.15) is 0 Å². The van der Waals surface area contributed by atoms with E-state index in [9.17, 15) is 8.42 Å². The van der Waals surface area contributed by atoms with E-state index >= 15 is 0 Å². The second-order valence-electron chi connectivity index (χ2n) is 5.14. The van der Waals surface area contributed by atoms with Crippen molar-refractivity contribution < 1.29 is 8.42 Å². The maximum atomic E-state index is 12.2. The molecule has 0 unspecified atom stereocenters. The molecule has 1 rings (SSSR count). The monoisotopic (exact) mass is 287 g/mol. The normalized spacial score (nSPS) is 12.3. The number of rotatable bonds is 8. The standard InChI is InChI=1S/C13H25N3O2S/c1-5-6-16-10-13(7-12(16)9-14-4)19(17,18)15-8-11(2)3/h7,10-11,14-15H,5-6,8-9H2,1-4H3. The van der Waals surface area contributed by atoms with Gasteiger partial charge in [0.2, 0.25) is 10.0 Å². The van der Waals surface area contributed by atoms with E-state index in [1.165, 1.54) is 0 Å². The van der Waals surface area contributed by atoms with Gasteiger partial charge in [-0.15, -0.1) is 0 Å². The lowest BCUT2D eigenvalue weighted by Crippen LogP contribution is -2.27. The lowest BCUT2D eigenvalue weighted by Gasteiger charge is -2.07. The van der Waals surface area contributed by atoms with E-state index in [4.69, 9.17) is 0 Å². The molecule has 110 valence electrons. The molecule has 0 saturated carbocycles. The molecule has 5 nitrogen and oxygen atoms in total. The average Bonchev–Trinajstić information content (AvgIpc) is 2.72. The Labute approximate surface area is 116 Å². The van der Waals surface area contributed by atoms with Crippen LogP contribution in [0.25, 0.3) is 0 Å². The van der Waals surface area contributed by atoms with E-state index in [1.54, 1.807) is 12.3 Å². The van der Waals surface area contributed by atoms with Crippen LogP contribution in [-0.2, 0) is 23.1 Å². The zero-order valence-corrected chi connectivity index (χ0v) is 13.0. The van der Waals surface area contributed by atoms with Crippen LogP contribution in [0, 0.1) is 5.92 Å². The molecule has 0 aliphatic carbocycles. The van der Waals surface area contributed by atoms with Gasteiger partial charge in [-0.3, -0.25) is 0 Å². The molecule has 0 radical (unpaired) electrons. The summed E-state index contributed by atoms with van der Waals surface area (Å²) in [7, 11) is -1.54. The van der Waals surface area contributed by atoms with Gasteiger partial charge in [0.25, 0.3) is 0 Å². The van der Waals surface area contributed by atoms with Crippen LogP contribution < -0.4 is 10.0 Å². The van der Waals surface area contributed by atoms with Crippen LogP contribution >= 0.6 is 0 Å². The Morgan fingerprint density at radius 3 is 2.58 bits per heavy atom. The van der Waals surface area contributed by atoms with E-state index in [-0.39, 0.29) is 0 Å². The average molecular weight is 287 g/mol. The fourth-order valence-electron chi connectivity index (χ4n) is 1.81. The Morgan fingerprint density at radius 1 is 1.37 bits per heavy atom. The third-order valence-electron chi connectivity index (χ3n) is 2.78. The summed E-state index contributed by atoms with van der Waals surface area (Å²) in [5.74, 6) is 0.296. The van der Waals surface area contributed by atoms with Crippen LogP contribution in [0.1, 0.15) is 32.9 Å². The largest absolute Gasteiger partial charge is 0.349 e. The molecule has 0 atom stereocenters. The van der Waals surface area contributed by atoms with Crippen LogP contribution in [0.2, 0.25) is 0 Å². The molecule has 19 heavy (non-hydrogen) atoms. The minimum Gasteiger partial charge on any atom is -0.349 e. The van der Waals surface area contributed by atoms with Crippen molar-refractivity contribution in [2.24, 2.45) is 5.92 Å². The molecule has 1 heterocycles. The van der Waals surface area contributed by atoms with Gasteiger partial charge in [-0.1, -0.05) is 20.8 Å². The van der Waals surface area contributed by atoms with Gasteiger partial charge in [0, 0.05) is 31.5 Å². The molecule has 0 spiro atoms. The van der Waals surface area contributed by atoms with Crippen molar-refractivity contribution >= 4 is 10.0 Å². The Kier molecular flexibility index (Phi) is 6.03. The van der Waals surface area contributed by atoms with Gasteiger partial charge in [0.1, 0.15) is 0 Å². The highest BCUT2D eigenvalue weighted by molar-refractivity contribution is 7.89. The summed E-state index contributed by atoms with van der Waals surface area (Å²) in [5.41, 5.74) is 0.995. The van der Waals surface area contributed by atoms with Crippen LogP contribution in [0.5, 0.6) is 0 Å². The highest BCUT2D eigenvalue weighted by atomic mass is 32.2. The number of aryl methyl sites for hydroxylation is 1. The Hall–Kier alpha value is -0.850. The molecule has 0 fully saturated rings. The summed E-state index contributed by atoms with van der Waals surface area (Å²) in [6.07, 6.45) is 2.70. The van der Waals surface area contributed by atoms with Crippen molar-refractivity contribution in [2.75, 3.05) is 13.6 Å². The SMILES string of the molecule is CCCn1cc(S(=O)(=O)NCC(C)C)cc1CNC. The van der Waals surface area contributed by atoms with E-state index < -0.39 is 10.0 Å². The Bertz CT molecular complexity index is 468. The maximum absolute atomic E-state index is 12.2. The topological polar surface area (TPSA) is 63.1 Å². The zero-order chi connectivity index (χ0) is 14.5. The van der Waals surface area contributed by atoms with Crippen LogP contribution in [0.4, 0.5) is 0 Å². The van der Waals surface area contributed by atoms with Crippen molar-refractivity contribution in [2.45, 2.75) is 45.2 Å². The molecule has 0 aromatic carbocycles. The fourth-order valence-corrected chi connectivity index (χ4v) is 3.09.